The lowest BCUT2D eigenvalue weighted by atomic mass is 10.1. The van der Waals surface area contributed by atoms with Crippen molar-refractivity contribution >= 4 is 5.91 Å². The van der Waals surface area contributed by atoms with E-state index in [0.717, 1.165) is 13.0 Å². The molecule has 1 aliphatic heterocycles. The average Bonchev–Trinajstić information content (AvgIpc) is 2.06. The molecule has 1 rings (SSSR count). The molecular formula is C9H14N2O. The van der Waals surface area contributed by atoms with Crippen LogP contribution in [0.2, 0.25) is 0 Å². The van der Waals surface area contributed by atoms with Crippen molar-refractivity contribution < 1.29 is 4.79 Å². The SMILES string of the molecule is CCCN1C=CC(C(N)=O)C=C1. The summed E-state index contributed by atoms with van der Waals surface area (Å²) < 4.78 is 0. The standard InChI is InChI=1S/C9H14N2O/c1-2-5-11-6-3-8(4-7-11)9(10)12/h3-4,6-8H,2,5H2,1H3,(H2,10,12). The zero-order valence-corrected chi connectivity index (χ0v) is 7.23. The first-order valence-electron chi connectivity index (χ1n) is 4.15. The van der Waals surface area contributed by atoms with Crippen LogP contribution in [-0.4, -0.2) is 17.4 Å². The van der Waals surface area contributed by atoms with Crippen molar-refractivity contribution in [3.63, 3.8) is 0 Å². The lowest BCUT2D eigenvalue weighted by molar-refractivity contribution is -0.119. The van der Waals surface area contributed by atoms with Crippen LogP contribution in [0.5, 0.6) is 0 Å². The van der Waals surface area contributed by atoms with E-state index in [2.05, 4.69) is 6.92 Å². The van der Waals surface area contributed by atoms with Gasteiger partial charge in [0.25, 0.3) is 0 Å². The van der Waals surface area contributed by atoms with E-state index in [1.807, 2.05) is 29.5 Å². The summed E-state index contributed by atoms with van der Waals surface area (Å²) in [6.07, 6.45) is 8.53. The first-order chi connectivity index (χ1) is 5.74. The van der Waals surface area contributed by atoms with E-state index in [4.69, 9.17) is 5.73 Å². The highest BCUT2D eigenvalue weighted by molar-refractivity contribution is 5.80. The van der Waals surface area contributed by atoms with Crippen molar-refractivity contribution in [3.8, 4) is 0 Å². The molecular weight excluding hydrogens is 152 g/mol. The predicted molar refractivity (Wildman–Crippen MR) is 48.0 cm³/mol. The second-order valence-electron chi connectivity index (χ2n) is 2.85. The number of rotatable bonds is 3. The van der Waals surface area contributed by atoms with E-state index in [1.54, 1.807) is 0 Å². The first-order valence-corrected chi connectivity index (χ1v) is 4.15. The van der Waals surface area contributed by atoms with E-state index < -0.39 is 0 Å². The number of hydrogen-bond donors (Lipinski definition) is 1. The average molecular weight is 166 g/mol. The monoisotopic (exact) mass is 166 g/mol. The number of nitrogens with zero attached hydrogens (tertiary/aromatic N) is 1. The summed E-state index contributed by atoms with van der Waals surface area (Å²) in [5.74, 6) is -0.517. The van der Waals surface area contributed by atoms with Crippen molar-refractivity contribution in [1.82, 2.24) is 4.90 Å². The highest BCUT2D eigenvalue weighted by atomic mass is 16.1. The third-order valence-corrected chi connectivity index (χ3v) is 1.78. The van der Waals surface area contributed by atoms with Crippen LogP contribution >= 0.6 is 0 Å². The molecule has 0 aromatic rings. The summed E-state index contributed by atoms with van der Waals surface area (Å²) in [6, 6.07) is 0. The van der Waals surface area contributed by atoms with Crippen LogP contribution in [0.3, 0.4) is 0 Å². The minimum Gasteiger partial charge on any atom is -0.369 e. The van der Waals surface area contributed by atoms with Gasteiger partial charge in [-0.25, -0.2) is 0 Å². The Bertz CT molecular complexity index is 207. The first kappa shape index (κ1) is 8.84. The fraction of sp³-hybridized carbons (Fsp3) is 0.444. The van der Waals surface area contributed by atoms with E-state index in [1.165, 1.54) is 0 Å². The number of nitrogens with two attached hydrogens (primary N) is 1. The molecule has 1 heterocycles. The van der Waals surface area contributed by atoms with Crippen LogP contribution < -0.4 is 5.73 Å². The summed E-state index contributed by atoms with van der Waals surface area (Å²) in [7, 11) is 0. The molecule has 0 unspecified atom stereocenters. The van der Waals surface area contributed by atoms with E-state index in [-0.39, 0.29) is 11.8 Å². The Morgan fingerprint density at radius 3 is 2.50 bits per heavy atom. The molecule has 12 heavy (non-hydrogen) atoms. The Labute approximate surface area is 72.5 Å². The molecule has 0 saturated carbocycles. The zero-order valence-electron chi connectivity index (χ0n) is 7.23. The zero-order chi connectivity index (χ0) is 8.97. The second kappa shape index (κ2) is 3.95. The predicted octanol–water partition coefficient (Wildman–Crippen LogP) is 0.841. The molecule has 2 N–H and O–H groups in total. The van der Waals surface area contributed by atoms with Crippen LogP contribution in [0.25, 0.3) is 0 Å². The van der Waals surface area contributed by atoms with Crippen LogP contribution in [0.4, 0.5) is 0 Å². The van der Waals surface area contributed by atoms with E-state index >= 15 is 0 Å². The van der Waals surface area contributed by atoms with Crippen molar-refractivity contribution in [2.45, 2.75) is 13.3 Å². The van der Waals surface area contributed by atoms with Crippen LogP contribution in [0.15, 0.2) is 24.6 Å². The molecule has 0 aliphatic carbocycles. The lowest BCUT2D eigenvalue weighted by Crippen LogP contribution is -2.24. The van der Waals surface area contributed by atoms with Crippen LogP contribution in [0.1, 0.15) is 13.3 Å². The lowest BCUT2D eigenvalue weighted by Gasteiger charge is -2.19. The largest absolute Gasteiger partial charge is 0.369 e. The summed E-state index contributed by atoms with van der Waals surface area (Å²) in [5, 5.41) is 0. The summed E-state index contributed by atoms with van der Waals surface area (Å²) in [4.78, 5) is 12.8. The normalized spacial score (nSPS) is 16.9. The van der Waals surface area contributed by atoms with Crippen molar-refractivity contribution in [2.75, 3.05) is 6.54 Å². The van der Waals surface area contributed by atoms with E-state index in [0.29, 0.717) is 0 Å². The smallest absolute Gasteiger partial charge is 0.228 e. The molecule has 3 heteroatoms. The molecule has 1 aliphatic rings. The number of primary amides is 1. The molecule has 0 atom stereocenters. The quantitative estimate of drug-likeness (QED) is 0.675. The number of amides is 1. The van der Waals surface area contributed by atoms with Crippen molar-refractivity contribution in [3.05, 3.63) is 24.6 Å². The number of hydrogen-bond acceptors (Lipinski definition) is 2. The van der Waals surface area contributed by atoms with Gasteiger partial charge < -0.3 is 10.6 Å². The molecule has 0 fully saturated rings. The van der Waals surface area contributed by atoms with Gasteiger partial charge in [0.2, 0.25) is 5.91 Å². The molecule has 0 bridgehead atoms. The number of carbonyl (C=O) groups excluding carboxylic acids is 1. The molecule has 0 spiro atoms. The molecule has 0 aromatic heterocycles. The second-order valence-corrected chi connectivity index (χ2v) is 2.85. The molecule has 1 amide bonds. The Kier molecular flexibility index (Phi) is 2.91. The molecule has 0 aromatic carbocycles. The van der Waals surface area contributed by atoms with Crippen molar-refractivity contribution in [2.24, 2.45) is 11.7 Å². The van der Waals surface area contributed by atoms with Gasteiger partial charge in [-0.2, -0.15) is 0 Å². The maximum Gasteiger partial charge on any atom is 0.228 e. The Hall–Kier alpha value is -1.25. The maximum absolute atomic E-state index is 10.7. The van der Waals surface area contributed by atoms with Crippen LogP contribution in [-0.2, 0) is 4.79 Å². The fourth-order valence-corrected chi connectivity index (χ4v) is 1.12. The summed E-state index contributed by atoms with van der Waals surface area (Å²) >= 11 is 0. The van der Waals surface area contributed by atoms with Gasteiger partial charge in [-0.05, 0) is 6.42 Å². The Morgan fingerprint density at radius 1 is 1.50 bits per heavy atom. The summed E-state index contributed by atoms with van der Waals surface area (Å²) in [6.45, 7) is 3.10. The van der Waals surface area contributed by atoms with Gasteiger partial charge in [-0.1, -0.05) is 19.1 Å². The topological polar surface area (TPSA) is 46.3 Å². The Morgan fingerprint density at radius 2 is 2.08 bits per heavy atom. The molecule has 0 saturated heterocycles. The van der Waals surface area contributed by atoms with Gasteiger partial charge in [-0.3, -0.25) is 4.79 Å². The molecule has 66 valence electrons. The van der Waals surface area contributed by atoms with Gasteiger partial charge in [-0.15, -0.1) is 0 Å². The minimum atomic E-state index is -0.293. The highest BCUT2D eigenvalue weighted by Gasteiger charge is 2.10. The number of carbonyl (C=O) groups is 1. The van der Waals surface area contributed by atoms with Crippen LogP contribution in [0, 0.1) is 5.92 Å². The molecule has 3 nitrogen and oxygen atoms in total. The van der Waals surface area contributed by atoms with Gasteiger partial charge in [0.15, 0.2) is 0 Å². The molecule has 0 radical (unpaired) electrons. The van der Waals surface area contributed by atoms with Gasteiger partial charge in [0.1, 0.15) is 0 Å². The maximum atomic E-state index is 10.7. The summed E-state index contributed by atoms with van der Waals surface area (Å²) in [5.41, 5.74) is 5.13. The third kappa shape index (κ3) is 2.12. The Balaban J connectivity index is 2.48. The van der Waals surface area contributed by atoms with E-state index in [9.17, 15) is 4.79 Å². The minimum absolute atomic E-state index is 0.224. The fourth-order valence-electron chi connectivity index (χ4n) is 1.12. The van der Waals surface area contributed by atoms with Crippen molar-refractivity contribution in [1.29, 1.82) is 0 Å². The highest BCUT2D eigenvalue weighted by Crippen LogP contribution is 2.09. The van der Waals surface area contributed by atoms with Gasteiger partial charge in [0.05, 0.1) is 5.92 Å². The van der Waals surface area contributed by atoms with Gasteiger partial charge in [0, 0.05) is 18.9 Å². The third-order valence-electron chi connectivity index (χ3n) is 1.78. The van der Waals surface area contributed by atoms with Gasteiger partial charge >= 0.3 is 0 Å².